The smallest absolute Gasteiger partial charge is 0.407 e. The van der Waals surface area contributed by atoms with Crippen molar-refractivity contribution in [3.8, 4) is 16.9 Å². The van der Waals surface area contributed by atoms with Crippen molar-refractivity contribution in [2.24, 2.45) is 0 Å². The normalized spacial score (nSPS) is 15.3. The van der Waals surface area contributed by atoms with E-state index in [0.29, 0.717) is 13.1 Å². The highest BCUT2D eigenvalue weighted by Gasteiger charge is 2.29. The van der Waals surface area contributed by atoms with Gasteiger partial charge in [-0.1, -0.05) is 48.5 Å². The summed E-state index contributed by atoms with van der Waals surface area (Å²) in [6.07, 6.45) is -0.359. The maximum Gasteiger partial charge on any atom is 0.407 e. The topological polar surface area (TPSA) is 49.8 Å². The van der Waals surface area contributed by atoms with Crippen molar-refractivity contribution < 1.29 is 14.6 Å². The van der Waals surface area contributed by atoms with E-state index in [2.05, 4.69) is 23.6 Å². The Labute approximate surface area is 156 Å². The molecule has 1 aliphatic rings. The second-order valence-electron chi connectivity index (χ2n) is 6.40. The minimum atomic E-state index is -0.925. The molecule has 4 nitrogen and oxygen atoms in total. The Balaban J connectivity index is 1.50. The Morgan fingerprint density at radius 1 is 1.15 bits per heavy atom. The van der Waals surface area contributed by atoms with Gasteiger partial charge in [0.1, 0.15) is 11.9 Å². The van der Waals surface area contributed by atoms with E-state index < -0.39 is 6.09 Å². The van der Waals surface area contributed by atoms with Crippen LogP contribution in [0.4, 0.5) is 4.79 Å². The fourth-order valence-corrected chi connectivity index (χ4v) is 4.00. The predicted octanol–water partition coefficient (Wildman–Crippen LogP) is 4.90. The van der Waals surface area contributed by atoms with Crippen LogP contribution in [-0.2, 0) is 13.0 Å². The first-order valence-corrected chi connectivity index (χ1v) is 9.48. The Hall–Kier alpha value is -2.79. The van der Waals surface area contributed by atoms with Crippen molar-refractivity contribution >= 4 is 17.4 Å². The van der Waals surface area contributed by atoms with Crippen molar-refractivity contribution in [3.05, 3.63) is 76.5 Å². The lowest BCUT2D eigenvalue weighted by Gasteiger charge is -2.23. The first kappa shape index (κ1) is 16.7. The molecule has 2 heterocycles. The number of amides is 1. The highest BCUT2D eigenvalue weighted by molar-refractivity contribution is 7.08. The van der Waals surface area contributed by atoms with Gasteiger partial charge >= 0.3 is 6.09 Å². The monoisotopic (exact) mass is 365 g/mol. The number of fused-ring (bicyclic) bond motifs is 1. The molecule has 1 atom stereocenters. The standard InChI is InChI=1S/C21H19NO3S/c23-21(24)22(12-15-5-2-1-3-6-15)13-18-11-16-7-4-8-19(20(16)25-18)17-9-10-26-14-17/h1-10,14,18H,11-13H2,(H,23,24). The van der Waals surface area contributed by atoms with E-state index in [1.165, 1.54) is 4.90 Å². The predicted molar refractivity (Wildman–Crippen MR) is 103 cm³/mol. The minimum absolute atomic E-state index is 0.162. The van der Waals surface area contributed by atoms with Gasteiger partial charge < -0.3 is 14.7 Å². The number of para-hydroxylation sites is 1. The van der Waals surface area contributed by atoms with Crippen LogP contribution in [0.5, 0.6) is 5.75 Å². The first-order chi connectivity index (χ1) is 12.7. The van der Waals surface area contributed by atoms with Crippen molar-refractivity contribution in [2.45, 2.75) is 19.1 Å². The molecule has 0 bridgehead atoms. The first-order valence-electron chi connectivity index (χ1n) is 8.53. The van der Waals surface area contributed by atoms with Crippen LogP contribution in [0.15, 0.2) is 65.4 Å². The molecule has 2 aromatic carbocycles. The summed E-state index contributed by atoms with van der Waals surface area (Å²) < 4.78 is 6.18. The molecule has 0 saturated heterocycles. The van der Waals surface area contributed by atoms with E-state index in [1.54, 1.807) is 11.3 Å². The molecule has 132 valence electrons. The number of carbonyl (C=O) groups is 1. The molecular formula is C21H19NO3S. The molecule has 5 heteroatoms. The van der Waals surface area contributed by atoms with Crippen LogP contribution in [0.1, 0.15) is 11.1 Å². The Morgan fingerprint density at radius 3 is 2.73 bits per heavy atom. The zero-order chi connectivity index (χ0) is 17.9. The van der Waals surface area contributed by atoms with Crippen LogP contribution < -0.4 is 4.74 Å². The van der Waals surface area contributed by atoms with E-state index in [4.69, 9.17) is 4.74 Å². The van der Waals surface area contributed by atoms with Crippen molar-refractivity contribution in [1.82, 2.24) is 4.90 Å². The maximum absolute atomic E-state index is 11.7. The van der Waals surface area contributed by atoms with Crippen LogP contribution in [-0.4, -0.2) is 28.7 Å². The number of hydrogen-bond donors (Lipinski definition) is 1. The lowest BCUT2D eigenvalue weighted by Crippen LogP contribution is -2.37. The van der Waals surface area contributed by atoms with E-state index in [-0.39, 0.29) is 6.10 Å². The molecule has 4 rings (SSSR count). The van der Waals surface area contributed by atoms with Crippen LogP contribution in [0, 0.1) is 0 Å². The van der Waals surface area contributed by atoms with E-state index >= 15 is 0 Å². The van der Waals surface area contributed by atoms with Gasteiger partial charge in [-0.25, -0.2) is 4.79 Å². The molecule has 1 aromatic heterocycles. The molecule has 26 heavy (non-hydrogen) atoms. The van der Waals surface area contributed by atoms with Gasteiger partial charge in [-0.05, 0) is 33.5 Å². The number of rotatable bonds is 5. The van der Waals surface area contributed by atoms with Gasteiger partial charge in [0, 0.05) is 18.5 Å². The molecular weight excluding hydrogens is 346 g/mol. The number of carboxylic acid groups (broad SMARTS) is 1. The molecule has 0 saturated carbocycles. The molecule has 1 N–H and O–H groups in total. The summed E-state index contributed by atoms with van der Waals surface area (Å²) in [5, 5.41) is 13.7. The zero-order valence-electron chi connectivity index (χ0n) is 14.2. The van der Waals surface area contributed by atoms with E-state index in [0.717, 1.165) is 34.4 Å². The third kappa shape index (κ3) is 3.44. The quantitative estimate of drug-likeness (QED) is 0.700. The third-order valence-corrected chi connectivity index (χ3v) is 5.25. The van der Waals surface area contributed by atoms with Gasteiger partial charge in [-0.2, -0.15) is 11.3 Å². The second kappa shape index (κ2) is 7.22. The van der Waals surface area contributed by atoms with Crippen molar-refractivity contribution in [2.75, 3.05) is 6.54 Å². The molecule has 0 spiro atoms. The number of thiophene rings is 1. The SMILES string of the molecule is O=C(O)N(Cc1ccccc1)CC1Cc2cccc(-c3ccsc3)c2O1. The average molecular weight is 365 g/mol. The molecule has 0 radical (unpaired) electrons. The van der Waals surface area contributed by atoms with Crippen LogP contribution in [0.2, 0.25) is 0 Å². The Kier molecular flexibility index (Phi) is 4.63. The van der Waals surface area contributed by atoms with Gasteiger partial charge in [0.2, 0.25) is 0 Å². The Bertz CT molecular complexity index is 893. The summed E-state index contributed by atoms with van der Waals surface area (Å²) in [4.78, 5) is 13.1. The largest absolute Gasteiger partial charge is 0.487 e. The van der Waals surface area contributed by atoms with E-state index in [1.807, 2.05) is 41.8 Å². The van der Waals surface area contributed by atoms with Crippen molar-refractivity contribution in [3.63, 3.8) is 0 Å². The lowest BCUT2D eigenvalue weighted by molar-refractivity contribution is 0.113. The molecule has 1 unspecified atom stereocenters. The number of hydrogen-bond acceptors (Lipinski definition) is 3. The van der Waals surface area contributed by atoms with Crippen LogP contribution >= 0.6 is 11.3 Å². The fraction of sp³-hybridized carbons (Fsp3) is 0.190. The lowest BCUT2D eigenvalue weighted by atomic mass is 10.0. The van der Waals surface area contributed by atoms with Crippen molar-refractivity contribution in [1.29, 1.82) is 0 Å². The zero-order valence-corrected chi connectivity index (χ0v) is 15.0. The summed E-state index contributed by atoms with van der Waals surface area (Å²) in [5.74, 6) is 0.890. The maximum atomic E-state index is 11.7. The highest BCUT2D eigenvalue weighted by Crippen LogP contribution is 2.39. The van der Waals surface area contributed by atoms with Gasteiger partial charge in [0.15, 0.2) is 0 Å². The molecule has 0 fully saturated rings. The second-order valence-corrected chi connectivity index (χ2v) is 7.18. The Morgan fingerprint density at radius 2 is 2.00 bits per heavy atom. The summed E-state index contributed by atoms with van der Waals surface area (Å²) in [5.41, 5.74) is 4.34. The van der Waals surface area contributed by atoms with Crippen LogP contribution in [0.3, 0.4) is 0 Å². The summed E-state index contributed by atoms with van der Waals surface area (Å²) in [6.45, 7) is 0.714. The van der Waals surface area contributed by atoms with Gasteiger partial charge in [0.25, 0.3) is 0 Å². The molecule has 0 aliphatic carbocycles. The number of ether oxygens (including phenoxy) is 1. The fourth-order valence-electron chi connectivity index (χ4n) is 3.35. The minimum Gasteiger partial charge on any atom is -0.487 e. The van der Waals surface area contributed by atoms with Gasteiger partial charge in [0.05, 0.1) is 6.54 Å². The number of benzene rings is 2. The third-order valence-electron chi connectivity index (χ3n) is 4.57. The van der Waals surface area contributed by atoms with Crippen LogP contribution in [0.25, 0.3) is 11.1 Å². The van der Waals surface area contributed by atoms with Gasteiger partial charge in [-0.3, -0.25) is 0 Å². The average Bonchev–Trinajstić information content (AvgIpc) is 3.31. The molecule has 3 aromatic rings. The summed E-state index contributed by atoms with van der Waals surface area (Å²) >= 11 is 1.65. The molecule has 1 aliphatic heterocycles. The number of nitrogens with zero attached hydrogens (tertiary/aromatic N) is 1. The summed E-state index contributed by atoms with van der Waals surface area (Å²) in [6, 6.07) is 17.9. The summed E-state index contributed by atoms with van der Waals surface area (Å²) in [7, 11) is 0. The highest BCUT2D eigenvalue weighted by atomic mass is 32.1. The molecule has 1 amide bonds. The van der Waals surface area contributed by atoms with E-state index in [9.17, 15) is 9.90 Å². The van der Waals surface area contributed by atoms with Gasteiger partial charge in [-0.15, -0.1) is 0 Å².